The van der Waals surface area contributed by atoms with Crippen molar-refractivity contribution in [2.24, 2.45) is 0 Å². The molecule has 2 aromatic rings. The van der Waals surface area contributed by atoms with E-state index in [0.717, 1.165) is 17.7 Å². The molecule has 0 saturated heterocycles. The quantitative estimate of drug-likeness (QED) is 0.506. The van der Waals surface area contributed by atoms with Gasteiger partial charge in [0.15, 0.2) is 11.6 Å². The van der Waals surface area contributed by atoms with E-state index in [-0.39, 0.29) is 17.9 Å². The van der Waals surface area contributed by atoms with Gasteiger partial charge in [0.2, 0.25) is 5.82 Å². The van der Waals surface area contributed by atoms with Crippen LogP contribution in [-0.4, -0.2) is 6.61 Å². The van der Waals surface area contributed by atoms with Gasteiger partial charge in [0.1, 0.15) is 18.4 Å². The molecular formula is C21H23F2NO2. The molecule has 0 aliphatic carbocycles. The van der Waals surface area contributed by atoms with Gasteiger partial charge in [-0.25, -0.2) is 4.39 Å². The molecule has 0 saturated carbocycles. The van der Waals surface area contributed by atoms with Gasteiger partial charge in [-0.15, -0.1) is 0 Å². The molecule has 0 bridgehead atoms. The molecular weight excluding hydrogens is 336 g/mol. The van der Waals surface area contributed by atoms with Crippen LogP contribution >= 0.6 is 0 Å². The Hall–Kier alpha value is -2.61. The molecule has 2 aromatic carbocycles. The minimum atomic E-state index is -1.19. The minimum Gasteiger partial charge on any atom is -0.494 e. The highest BCUT2D eigenvalue weighted by molar-refractivity contribution is 5.38. The van der Waals surface area contributed by atoms with Crippen LogP contribution in [0.5, 0.6) is 11.5 Å². The van der Waals surface area contributed by atoms with Crippen molar-refractivity contribution in [3.63, 3.8) is 0 Å². The molecule has 0 radical (unpaired) electrons. The Labute approximate surface area is 153 Å². The third-order valence-corrected chi connectivity index (χ3v) is 4.00. The molecule has 0 amide bonds. The van der Waals surface area contributed by atoms with Gasteiger partial charge in [-0.1, -0.05) is 44.7 Å². The highest BCUT2D eigenvalue weighted by Gasteiger charge is 2.14. The summed E-state index contributed by atoms with van der Waals surface area (Å²) in [5.41, 5.74) is 0.468. The predicted octanol–water partition coefficient (Wildman–Crippen LogP) is 5.76. The van der Waals surface area contributed by atoms with Crippen LogP contribution in [0.15, 0.2) is 36.4 Å². The first-order valence-electron chi connectivity index (χ1n) is 8.88. The van der Waals surface area contributed by atoms with Gasteiger partial charge < -0.3 is 9.47 Å². The monoisotopic (exact) mass is 359 g/mol. The van der Waals surface area contributed by atoms with Crippen LogP contribution in [0.4, 0.5) is 8.78 Å². The zero-order chi connectivity index (χ0) is 18.8. The summed E-state index contributed by atoms with van der Waals surface area (Å²) in [6.07, 6.45) is 5.94. The number of halogens is 2. The Morgan fingerprint density at radius 1 is 0.885 bits per heavy atom. The van der Waals surface area contributed by atoms with E-state index in [0.29, 0.717) is 6.61 Å². The fourth-order valence-corrected chi connectivity index (χ4v) is 2.47. The standard InChI is InChI=1S/C21H23F2NO2/c1-2-3-4-5-6-13-25-18-10-7-16(8-11-18)15-26-19-12-9-17(14-24)20(22)21(19)23/h7-12H,2-6,13,15H2,1H3. The molecule has 2 rings (SSSR count). The zero-order valence-corrected chi connectivity index (χ0v) is 14.9. The summed E-state index contributed by atoms with van der Waals surface area (Å²) in [6.45, 7) is 2.98. The van der Waals surface area contributed by atoms with Crippen molar-refractivity contribution in [3.8, 4) is 17.6 Å². The molecule has 0 aliphatic heterocycles. The Morgan fingerprint density at radius 2 is 1.62 bits per heavy atom. The van der Waals surface area contributed by atoms with Crippen LogP contribution in [-0.2, 0) is 6.61 Å². The maximum atomic E-state index is 13.8. The zero-order valence-electron chi connectivity index (χ0n) is 14.9. The number of benzene rings is 2. The second kappa shape index (κ2) is 10.4. The Bertz CT molecular complexity index is 739. The largest absolute Gasteiger partial charge is 0.494 e. The molecule has 0 aliphatic rings. The van der Waals surface area contributed by atoms with E-state index in [2.05, 4.69) is 6.92 Å². The molecule has 0 heterocycles. The van der Waals surface area contributed by atoms with Gasteiger partial charge in [0, 0.05) is 0 Å². The lowest BCUT2D eigenvalue weighted by atomic mass is 10.2. The minimum absolute atomic E-state index is 0.0968. The van der Waals surface area contributed by atoms with E-state index >= 15 is 0 Å². The van der Waals surface area contributed by atoms with E-state index in [9.17, 15) is 8.78 Å². The van der Waals surface area contributed by atoms with Crippen LogP contribution < -0.4 is 9.47 Å². The molecule has 3 nitrogen and oxygen atoms in total. The number of hydrogen-bond donors (Lipinski definition) is 0. The second-order valence-electron chi connectivity index (χ2n) is 6.05. The normalized spacial score (nSPS) is 10.4. The Morgan fingerprint density at radius 3 is 2.31 bits per heavy atom. The number of rotatable bonds is 10. The Balaban J connectivity index is 1.81. The van der Waals surface area contributed by atoms with Crippen molar-refractivity contribution >= 4 is 0 Å². The lowest BCUT2D eigenvalue weighted by Crippen LogP contribution is -2.01. The lowest BCUT2D eigenvalue weighted by Gasteiger charge is -2.10. The van der Waals surface area contributed by atoms with Crippen LogP contribution in [0.25, 0.3) is 0 Å². The third-order valence-electron chi connectivity index (χ3n) is 4.00. The third kappa shape index (κ3) is 5.73. The van der Waals surface area contributed by atoms with Crippen LogP contribution in [0.1, 0.15) is 50.2 Å². The maximum Gasteiger partial charge on any atom is 0.202 e. The number of unbranched alkanes of at least 4 members (excludes halogenated alkanes) is 4. The molecule has 26 heavy (non-hydrogen) atoms. The molecule has 5 heteroatoms. The SMILES string of the molecule is CCCCCCCOc1ccc(COc2ccc(C#N)c(F)c2F)cc1. The van der Waals surface area contributed by atoms with Gasteiger partial charge in [-0.2, -0.15) is 9.65 Å². The summed E-state index contributed by atoms with van der Waals surface area (Å²) in [5, 5.41) is 8.67. The highest BCUT2D eigenvalue weighted by atomic mass is 19.2. The summed E-state index contributed by atoms with van der Waals surface area (Å²) >= 11 is 0. The van der Waals surface area contributed by atoms with E-state index in [1.54, 1.807) is 6.07 Å². The van der Waals surface area contributed by atoms with Crippen molar-refractivity contribution in [1.82, 2.24) is 0 Å². The molecule has 0 unspecified atom stereocenters. The summed E-state index contributed by atoms with van der Waals surface area (Å²) < 4.78 is 38.4. The van der Waals surface area contributed by atoms with Crippen molar-refractivity contribution in [3.05, 3.63) is 59.2 Å². The molecule has 0 atom stereocenters. The number of hydrogen-bond acceptors (Lipinski definition) is 3. The molecule has 0 fully saturated rings. The smallest absolute Gasteiger partial charge is 0.202 e. The van der Waals surface area contributed by atoms with Gasteiger partial charge in [-0.3, -0.25) is 0 Å². The summed E-state index contributed by atoms with van der Waals surface area (Å²) in [7, 11) is 0. The van der Waals surface area contributed by atoms with Gasteiger partial charge in [0.25, 0.3) is 0 Å². The van der Waals surface area contributed by atoms with E-state index < -0.39 is 11.6 Å². The average Bonchev–Trinajstić information content (AvgIpc) is 2.67. The maximum absolute atomic E-state index is 13.8. The van der Waals surface area contributed by atoms with Crippen molar-refractivity contribution in [1.29, 1.82) is 5.26 Å². The second-order valence-corrected chi connectivity index (χ2v) is 6.05. The van der Waals surface area contributed by atoms with Crippen molar-refractivity contribution in [2.75, 3.05) is 6.61 Å². The van der Waals surface area contributed by atoms with Crippen LogP contribution in [0.3, 0.4) is 0 Å². The first kappa shape index (κ1) is 19.7. The first-order chi connectivity index (χ1) is 12.7. The molecule has 0 spiro atoms. The summed E-state index contributed by atoms with van der Waals surface area (Å²) in [5.74, 6) is -1.77. The summed E-state index contributed by atoms with van der Waals surface area (Å²) in [6, 6.07) is 11.4. The van der Waals surface area contributed by atoms with Crippen LogP contribution in [0.2, 0.25) is 0 Å². The number of nitrogens with zero attached hydrogens (tertiary/aromatic N) is 1. The van der Waals surface area contributed by atoms with E-state index in [1.165, 1.54) is 37.8 Å². The topological polar surface area (TPSA) is 42.2 Å². The van der Waals surface area contributed by atoms with E-state index in [4.69, 9.17) is 14.7 Å². The van der Waals surface area contributed by atoms with Crippen LogP contribution in [0, 0.1) is 23.0 Å². The molecule has 0 aromatic heterocycles. The number of nitriles is 1. The predicted molar refractivity (Wildman–Crippen MR) is 96.1 cm³/mol. The van der Waals surface area contributed by atoms with Gasteiger partial charge in [-0.05, 0) is 36.2 Å². The van der Waals surface area contributed by atoms with Crippen molar-refractivity contribution in [2.45, 2.75) is 45.6 Å². The lowest BCUT2D eigenvalue weighted by molar-refractivity contribution is 0.283. The molecule has 138 valence electrons. The molecule has 0 N–H and O–H groups in total. The fraction of sp³-hybridized carbons (Fsp3) is 0.381. The number of ether oxygens (including phenoxy) is 2. The Kier molecular flexibility index (Phi) is 7.88. The average molecular weight is 359 g/mol. The van der Waals surface area contributed by atoms with Gasteiger partial charge >= 0.3 is 0 Å². The first-order valence-corrected chi connectivity index (χ1v) is 8.88. The van der Waals surface area contributed by atoms with Crippen molar-refractivity contribution < 1.29 is 18.3 Å². The highest BCUT2D eigenvalue weighted by Crippen LogP contribution is 2.23. The van der Waals surface area contributed by atoms with E-state index in [1.807, 2.05) is 24.3 Å². The summed E-state index contributed by atoms with van der Waals surface area (Å²) in [4.78, 5) is 0. The fourth-order valence-electron chi connectivity index (χ4n) is 2.47. The van der Waals surface area contributed by atoms with Gasteiger partial charge in [0.05, 0.1) is 12.2 Å².